The van der Waals surface area contributed by atoms with Crippen molar-refractivity contribution in [1.29, 1.82) is 0 Å². The van der Waals surface area contributed by atoms with Crippen LogP contribution in [0.5, 0.6) is 0 Å². The van der Waals surface area contributed by atoms with Crippen LogP contribution in [0.1, 0.15) is 11.4 Å². The zero-order valence-corrected chi connectivity index (χ0v) is 17.7. The van der Waals surface area contributed by atoms with Crippen LogP contribution in [0.15, 0.2) is 63.7 Å². The van der Waals surface area contributed by atoms with Crippen LogP contribution in [-0.4, -0.2) is 19.6 Å². The van der Waals surface area contributed by atoms with Crippen LogP contribution in [0, 0.1) is 6.92 Å². The molecule has 3 heterocycles. The summed E-state index contributed by atoms with van der Waals surface area (Å²) in [4.78, 5) is 22.1. The number of aryl methyl sites for hydroxylation is 1. The number of hydrogen-bond acceptors (Lipinski definition) is 5. The van der Waals surface area contributed by atoms with Crippen molar-refractivity contribution in [2.24, 2.45) is 0 Å². The van der Waals surface area contributed by atoms with Gasteiger partial charge in [0.15, 0.2) is 9.99 Å². The van der Waals surface area contributed by atoms with Gasteiger partial charge in [-0.2, -0.15) is 0 Å². The Labute approximate surface area is 179 Å². The molecule has 5 rings (SSSR count). The first kappa shape index (κ1) is 18.4. The molecule has 0 aliphatic carbocycles. The van der Waals surface area contributed by atoms with E-state index in [0.29, 0.717) is 16.4 Å². The fraction of sp³-hybridized carbons (Fsp3) is 0.0952. The Hall–Kier alpha value is -2.61. The summed E-state index contributed by atoms with van der Waals surface area (Å²) in [5.74, 6) is 0.579. The van der Waals surface area contributed by atoms with Gasteiger partial charge in [-0.05, 0) is 36.8 Å². The maximum absolute atomic E-state index is 12.7. The molecular formula is C21H15ClN4OS2. The number of rotatable bonds is 4. The molecule has 3 aromatic heterocycles. The lowest BCUT2D eigenvalue weighted by Gasteiger charge is -2.03. The minimum absolute atomic E-state index is 0.127. The van der Waals surface area contributed by atoms with E-state index in [0.717, 1.165) is 37.1 Å². The van der Waals surface area contributed by atoms with Gasteiger partial charge >= 0.3 is 0 Å². The third-order valence-corrected chi connectivity index (χ3v) is 7.07. The van der Waals surface area contributed by atoms with Crippen molar-refractivity contribution in [3.05, 3.63) is 81.4 Å². The number of nitrogens with one attached hydrogen (secondary N) is 1. The lowest BCUT2D eigenvalue weighted by Crippen LogP contribution is -2.15. The van der Waals surface area contributed by atoms with Crippen molar-refractivity contribution < 1.29 is 0 Å². The minimum atomic E-state index is -0.127. The standard InChI is InChI=1S/C21H15ClN4OS2/c1-12-19(13-6-8-14(22)9-7-13)20-23-15(10-18(27)26(20)25-12)11-28-21-24-16-4-2-3-5-17(16)29-21/h2-10,25H,11H2,1H3. The summed E-state index contributed by atoms with van der Waals surface area (Å²) in [6.07, 6.45) is 0. The Bertz CT molecular complexity index is 1370. The Morgan fingerprint density at radius 3 is 2.72 bits per heavy atom. The molecule has 0 radical (unpaired) electrons. The van der Waals surface area contributed by atoms with Crippen molar-refractivity contribution in [3.63, 3.8) is 0 Å². The third kappa shape index (κ3) is 3.46. The Kier molecular flexibility index (Phi) is 4.66. The number of halogens is 1. The fourth-order valence-corrected chi connectivity index (χ4v) is 5.37. The average molecular weight is 439 g/mol. The van der Waals surface area contributed by atoms with Gasteiger partial charge in [0.25, 0.3) is 5.56 Å². The number of hydrogen-bond donors (Lipinski definition) is 1. The molecule has 5 nitrogen and oxygen atoms in total. The molecule has 0 bridgehead atoms. The van der Waals surface area contributed by atoms with E-state index in [4.69, 9.17) is 16.6 Å². The molecular weight excluding hydrogens is 424 g/mol. The average Bonchev–Trinajstić information content (AvgIpc) is 3.28. The predicted molar refractivity (Wildman–Crippen MR) is 120 cm³/mol. The molecule has 0 amide bonds. The van der Waals surface area contributed by atoms with Crippen LogP contribution in [0.25, 0.3) is 27.0 Å². The molecule has 0 saturated carbocycles. The molecule has 0 saturated heterocycles. The first-order valence-corrected chi connectivity index (χ1v) is 11.1. The fourth-order valence-electron chi connectivity index (χ4n) is 3.28. The van der Waals surface area contributed by atoms with Crippen LogP contribution >= 0.6 is 34.7 Å². The van der Waals surface area contributed by atoms with Crippen molar-refractivity contribution >= 4 is 50.6 Å². The van der Waals surface area contributed by atoms with Crippen molar-refractivity contribution in [1.82, 2.24) is 19.6 Å². The largest absolute Gasteiger partial charge is 0.293 e. The molecule has 0 aliphatic heterocycles. The molecule has 144 valence electrons. The van der Waals surface area contributed by atoms with Crippen molar-refractivity contribution in [2.45, 2.75) is 17.0 Å². The number of thiazole rings is 1. The number of aromatic nitrogens is 4. The zero-order chi connectivity index (χ0) is 20.0. The number of aromatic amines is 1. The molecule has 2 aromatic carbocycles. The second-order valence-corrected chi connectivity index (χ2v) is 9.29. The predicted octanol–water partition coefficient (Wildman–Crippen LogP) is 5.55. The summed E-state index contributed by atoms with van der Waals surface area (Å²) in [5.41, 5.74) is 4.98. The highest BCUT2D eigenvalue weighted by molar-refractivity contribution is 8.00. The number of fused-ring (bicyclic) bond motifs is 2. The van der Waals surface area contributed by atoms with E-state index in [1.165, 1.54) is 4.52 Å². The normalized spacial score (nSPS) is 11.5. The van der Waals surface area contributed by atoms with Crippen LogP contribution in [0.2, 0.25) is 5.02 Å². The van der Waals surface area contributed by atoms with E-state index in [2.05, 4.69) is 16.1 Å². The van der Waals surface area contributed by atoms with Gasteiger partial charge in [-0.15, -0.1) is 11.3 Å². The Morgan fingerprint density at radius 2 is 1.93 bits per heavy atom. The summed E-state index contributed by atoms with van der Waals surface area (Å²) >= 11 is 9.27. The lowest BCUT2D eigenvalue weighted by molar-refractivity contribution is 0.872. The first-order chi connectivity index (χ1) is 14.1. The van der Waals surface area contributed by atoms with Gasteiger partial charge in [0.2, 0.25) is 0 Å². The highest BCUT2D eigenvalue weighted by Crippen LogP contribution is 2.32. The summed E-state index contributed by atoms with van der Waals surface area (Å²) in [7, 11) is 0. The van der Waals surface area contributed by atoms with Gasteiger partial charge < -0.3 is 0 Å². The summed E-state index contributed by atoms with van der Waals surface area (Å²) in [6, 6.07) is 17.2. The second-order valence-electron chi connectivity index (χ2n) is 6.60. The summed E-state index contributed by atoms with van der Waals surface area (Å²) in [6.45, 7) is 1.94. The van der Waals surface area contributed by atoms with E-state index in [1.807, 2.05) is 49.4 Å². The van der Waals surface area contributed by atoms with Crippen LogP contribution in [0.3, 0.4) is 0 Å². The number of nitrogens with zero attached hydrogens (tertiary/aromatic N) is 3. The van der Waals surface area contributed by atoms with E-state index in [1.54, 1.807) is 29.2 Å². The minimum Gasteiger partial charge on any atom is -0.293 e. The van der Waals surface area contributed by atoms with E-state index < -0.39 is 0 Å². The van der Waals surface area contributed by atoms with E-state index in [-0.39, 0.29) is 5.56 Å². The number of para-hydroxylation sites is 1. The van der Waals surface area contributed by atoms with Gasteiger partial charge in [-0.3, -0.25) is 9.89 Å². The van der Waals surface area contributed by atoms with Gasteiger partial charge in [0, 0.05) is 28.1 Å². The van der Waals surface area contributed by atoms with Gasteiger partial charge in [-0.1, -0.05) is 47.6 Å². The molecule has 0 aliphatic rings. The van der Waals surface area contributed by atoms with E-state index >= 15 is 0 Å². The molecule has 0 fully saturated rings. The number of thioether (sulfide) groups is 1. The van der Waals surface area contributed by atoms with Gasteiger partial charge in [0.1, 0.15) is 0 Å². The molecule has 0 atom stereocenters. The SMILES string of the molecule is Cc1[nH]n2c(=O)cc(CSc3nc4ccccc4s3)nc2c1-c1ccc(Cl)cc1. The summed E-state index contributed by atoms with van der Waals surface area (Å²) in [5, 5.41) is 3.79. The Balaban J connectivity index is 1.52. The molecule has 0 spiro atoms. The highest BCUT2D eigenvalue weighted by atomic mass is 35.5. The molecule has 29 heavy (non-hydrogen) atoms. The third-order valence-electron chi connectivity index (χ3n) is 4.60. The zero-order valence-electron chi connectivity index (χ0n) is 15.3. The number of H-pyrrole nitrogens is 1. The van der Waals surface area contributed by atoms with E-state index in [9.17, 15) is 4.79 Å². The maximum Gasteiger partial charge on any atom is 0.272 e. The van der Waals surface area contributed by atoms with Gasteiger partial charge in [-0.25, -0.2) is 14.5 Å². The van der Waals surface area contributed by atoms with Crippen LogP contribution < -0.4 is 5.56 Å². The van der Waals surface area contributed by atoms with Gasteiger partial charge in [0.05, 0.1) is 15.9 Å². The maximum atomic E-state index is 12.7. The molecule has 5 aromatic rings. The highest BCUT2D eigenvalue weighted by Gasteiger charge is 2.15. The quantitative estimate of drug-likeness (QED) is 0.373. The Morgan fingerprint density at radius 1 is 1.14 bits per heavy atom. The van der Waals surface area contributed by atoms with Crippen molar-refractivity contribution in [2.75, 3.05) is 0 Å². The second kappa shape index (κ2) is 7.33. The summed E-state index contributed by atoms with van der Waals surface area (Å²) < 4.78 is 3.62. The molecule has 0 unspecified atom stereocenters. The van der Waals surface area contributed by atoms with Crippen LogP contribution in [0.4, 0.5) is 0 Å². The number of benzene rings is 2. The van der Waals surface area contributed by atoms with Crippen LogP contribution in [-0.2, 0) is 5.75 Å². The smallest absolute Gasteiger partial charge is 0.272 e. The van der Waals surface area contributed by atoms with Crippen molar-refractivity contribution in [3.8, 4) is 11.1 Å². The molecule has 8 heteroatoms. The topological polar surface area (TPSA) is 63.0 Å². The molecule has 1 N–H and O–H groups in total. The first-order valence-electron chi connectivity index (χ1n) is 8.94. The monoisotopic (exact) mass is 438 g/mol. The lowest BCUT2D eigenvalue weighted by atomic mass is 10.1.